The van der Waals surface area contributed by atoms with Gasteiger partial charge in [0.2, 0.25) is 5.82 Å². The summed E-state index contributed by atoms with van der Waals surface area (Å²) in [4.78, 5) is 16.2. The van der Waals surface area contributed by atoms with Gasteiger partial charge in [0.1, 0.15) is 5.02 Å². The van der Waals surface area contributed by atoms with Crippen LogP contribution < -0.4 is 11.3 Å². The molecule has 6 nitrogen and oxygen atoms in total. The molecule has 1 fully saturated rings. The highest BCUT2D eigenvalue weighted by atomic mass is 35.5. The molecule has 88 valence electrons. The summed E-state index contributed by atoms with van der Waals surface area (Å²) < 4.78 is 2.99. The summed E-state index contributed by atoms with van der Waals surface area (Å²) in [6, 6.07) is 0.299. The third kappa shape index (κ3) is 1.70. The van der Waals surface area contributed by atoms with Crippen LogP contribution in [0.3, 0.4) is 0 Å². The van der Waals surface area contributed by atoms with E-state index in [2.05, 4.69) is 10.1 Å². The average Bonchev–Trinajstić information content (AvgIpc) is 3.07. The second-order valence-electron chi connectivity index (χ2n) is 4.00. The molecule has 0 aliphatic heterocycles. The lowest BCUT2D eigenvalue weighted by molar-refractivity contribution is 0.678. The van der Waals surface area contributed by atoms with E-state index in [0.717, 1.165) is 12.8 Å². The first-order valence-electron chi connectivity index (χ1n) is 5.25. The van der Waals surface area contributed by atoms with E-state index >= 15 is 0 Å². The van der Waals surface area contributed by atoms with E-state index in [1.54, 1.807) is 17.0 Å². The highest BCUT2D eigenvalue weighted by Crippen LogP contribution is 2.33. The number of halogens is 1. The minimum Gasteiger partial charge on any atom is -0.381 e. The van der Waals surface area contributed by atoms with Crippen LogP contribution in [0.15, 0.2) is 23.4 Å². The first kappa shape index (κ1) is 10.3. The molecule has 0 unspecified atom stereocenters. The monoisotopic (exact) mass is 251 g/mol. The molecule has 0 radical (unpaired) electrons. The second-order valence-corrected chi connectivity index (χ2v) is 4.41. The average molecular weight is 252 g/mol. The Morgan fingerprint density at radius 3 is 2.82 bits per heavy atom. The van der Waals surface area contributed by atoms with E-state index in [0.29, 0.717) is 11.1 Å². The summed E-state index contributed by atoms with van der Waals surface area (Å²) in [5.41, 5.74) is 5.37. The molecule has 1 aliphatic rings. The fraction of sp³-hybridized carbons (Fsp3) is 0.300. The quantitative estimate of drug-likeness (QED) is 0.864. The Balaban J connectivity index is 2.14. The van der Waals surface area contributed by atoms with Crippen LogP contribution in [0.2, 0.25) is 5.02 Å². The predicted octanol–water partition coefficient (Wildman–Crippen LogP) is 0.999. The highest BCUT2D eigenvalue weighted by molar-refractivity contribution is 6.32. The number of nitrogens with two attached hydrogens (primary N) is 1. The fourth-order valence-electron chi connectivity index (χ4n) is 1.69. The van der Waals surface area contributed by atoms with Crippen LogP contribution in [0.25, 0.3) is 5.82 Å². The Morgan fingerprint density at radius 2 is 2.24 bits per heavy atom. The van der Waals surface area contributed by atoms with Gasteiger partial charge in [0.05, 0.1) is 6.20 Å². The van der Waals surface area contributed by atoms with Crippen LogP contribution in [0.1, 0.15) is 18.9 Å². The second kappa shape index (κ2) is 3.59. The van der Waals surface area contributed by atoms with Crippen LogP contribution in [0.5, 0.6) is 0 Å². The lowest BCUT2D eigenvalue weighted by atomic mass is 10.5. The molecule has 0 aromatic carbocycles. The summed E-state index contributed by atoms with van der Waals surface area (Å²) >= 11 is 5.80. The van der Waals surface area contributed by atoms with Gasteiger partial charge in [0.15, 0.2) is 5.82 Å². The zero-order valence-corrected chi connectivity index (χ0v) is 9.63. The van der Waals surface area contributed by atoms with Gasteiger partial charge in [-0.15, -0.1) is 5.10 Å². The number of hydrogen-bond acceptors (Lipinski definition) is 4. The van der Waals surface area contributed by atoms with E-state index in [9.17, 15) is 4.79 Å². The number of anilines is 1. The molecule has 0 atom stereocenters. The molecule has 7 heteroatoms. The third-order valence-corrected chi connectivity index (χ3v) is 2.99. The highest BCUT2D eigenvalue weighted by Gasteiger charge is 2.25. The van der Waals surface area contributed by atoms with Crippen LogP contribution in [0.4, 0.5) is 5.82 Å². The van der Waals surface area contributed by atoms with E-state index in [1.807, 2.05) is 0 Å². The number of rotatable bonds is 2. The summed E-state index contributed by atoms with van der Waals surface area (Å²) in [5.74, 6) is 0.410. The standard InChI is InChI=1S/C10H10ClN5O/c11-7-5-16(14-8(7)12)9-10(17)15(4-3-13-9)6-1-2-6/h3-6H,1-2H2,(H2,12,14). The van der Waals surface area contributed by atoms with E-state index in [-0.39, 0.29) is 17.2 Å². The number of nitrogen functional groups attached to an aromatic ring is 1. The van der Waals surface area contributed by atoms with Crippen molar-refractivity contribution in [1.82, 2.24) is 19.3 Å². The molecule has 17 heavy (non-hydrogen) atoms. The van der Waals surface area contributed by atoms with Gasteiger partial charge in [-0.2, -0.15) is 0 Å². The van der Waals surface area contributed by atoms with Crippen molar-refractivity contribution in [1.29, 1.82) is 0 Å². The molecule has 3 rings (SSSR count). The smallest absolute Gasteiger partial charge is 0.295 e. The molecule has 2 aromatic rings. The van der Waals surface area contributed by atoms with Gasteiger partial charge >= 0.3 is 0 Å². The van der Waals surface area contributed by atoms with Gasteiger partial charge in [-0.3, -0.25) is 4.79 Å². The molecule has 0 spiro atoms. The third-order valence-electron chi connectivity index (χ3n) is 2.70. The van der Waals surface area contributed by atoms with Gasteiger partial charge in [-0.05, 0) is 12.8 Å². The minimum absolute atomic E-state index is 0.172. The number of hydrogen-bond donors (Lipinski definition) is 1. The Bertz CT molecular complexity index is 608. The van der Waals surface area contributed by atoms with Crippen LogP contribution in [0, 0.1) is 0 Å². The zero-order valence-electron chi connectivity index (χ0n) is 8.88. The largest absolute Gasteiger partial charge is 0.381 e. The molecule has 2 N–H and O–H groups in total. The lowest BCUT2D eigenvalue weighted by Gasteiger charge is -2.04. The van der Waals surface area contributed by atoms with Crippen molar-refractivity contribution in [3.05, 3.63) is 34.0 Å². The Kier molecular flexibility index (Phi) is 2.19. The summed E-state index contributed by atoms with van der Waals surface area (Å²) in [7, 11) is 0. The van der Waals surface area contributed by atoms with E-state index < -0.39 is 0 Å². The van der Waals surface area contributed by atoms with Crippen molar-refractivity contribution in [3.8, 4) is 5.82 Å². The Hall–Kier alpha value is -1.82. The topological polar surface area (TPSA) is 78.7 Å². The van der Waals surface area contributed by atoms with Gasteiger partial charge in [0, 0.05) is 18.4 Å². The van der Waals surface area contributed by atoms with E-state index in [4.69, 9.17) is 17.3 Å². The maximum atomic E-state index is 12.1. The maximum Gasteiger partial charge on any atom is 0.295 e. The molecule has 2 aromatic heterocycles. The maximum absolute atomic E-state index is 12.1. The molecule has 2 heterocycles. The van der Waals surface area contributed by atoms with Crippen molar-refractivity contribution in [2.75, 3.05) is 5.73 Å². The van der Waals surface area contributed by atoms with Gasteiger partial charge in [-0.1, -0.05) is 11.6 Å². The first-order chi connectivity index (χ1) is 8.16. The van der Waals surface area contributed by atoms with Crippen molar-refractivity contribution in [2.45, 2.75) is 18.9 Å². The van der Waals surface area contributed by atoms with Crippen molar-refractivity contribution in [3.63, 3.8) is 0 Å². The van der Waals surface area contributed by atoms with Gasteiger partial charge < -0.3 is 10.3 Å². The molecular formula is C10H10ClN5O. The molecular weight excluding hydrogens is 242 g/mol. The first-order valence-corrected chi connectivity index (χ1v) is 5.63. The normalized spacial score (nSPS) is 15.1. The van der Waals surface area contributed by atoms with E-state index in [1.165, 1.54) is 10.9 Å². The van der Waals surface area contributed by atoms with Gasteiger partial charge in [-0.25, -0.2) is 9.67 Å². The van der Waals surface area contributed by atoms with Crippen molar-refractivity contribution >= 4 is 17.4 Å². The molecule has 1 aliphatic carbocycles. The fourth-order valence-corrected chi connectivity index (χ4v) is 1.82. The predicted molar refractivity (Wildman–Crippen MR) is 63.3 cm³/mol. The van der Waals surface area contributed by atoms with Crippen LogP contribution >= 0.6 is 11.6 Å². The van der Waals surface area contributed by atoms with Crippen LogP contribution in [-0.2, 0) is 0 Å². The van der Waals surface area contributed by atoms with Crippen molar-refractivity contribution < 1.29 is 0 Å². The Labute approximate surface area is 102 Å². The molecule has 0 amide bonds. The summed E-state index contributed by atoms with van der Waals surface area (Å²) in [5, 5.41) is 4.26. The molecule has 0 bridgehead atoms. The Morgan fingerprint density at radius 1 is 1.47 bits per heavy atom. The number of nitrogens with zero attached hydrogens (tertiary/aromatic N) is 4. The molecule has 1 saturated carbocycles. The minimum atomic E-state index is -0.172. The van der Waals surface area contributed by atoms with Crippen LogP contribution in [-0.4, -0.2) is 19.3 Å². The lowest BCUT2D eigenvalue weighted by Crippen LogP contribution is -2.24. The SMILES string of the molecule is Nc1nn(-c2nccn(C3CC3)c2=O)cc1Cl. The van der Waals surface area contributed by atoms with Gasteiger partial charge in [0.25, 0.3) is 5.56 Å². The molecule has 0 saturated heterocycles. The van der Waals surface area contributed by atoms with Crippen molar-refractivity contribution in [2.24, 2.45) is 0 Å². The summed E-state index contributed by atoms with van der Waals surface area (Å²) in [6.45, 7) is 0. The zero-order chi connectivity index (χ0) is 12.0. The number of aromatic nitrogens is 4. The summed E-state index contributed by atoms with van der Waals surface area (Å²) in [6.07, 6.45) is 6.83.